The highest BCUT2D eigenvalue weighted by atomic mass is 32.2. The maximum atomic E-state index is 12.9. The fraction of sp³-hybridized carbons (Fsp3) is 0.226. The van der Waals surface area contributed by atoms with E-state index in [1.807, 2.05) is 43.5 Å². The highest BCUT2D eigenvalue weighted by Gasteiger charge is 2.21. The summed E-state index contributed by atoms with van der Waals surface area (Å²) < 4.78 is 35.3. The molecule has 0 fully saturated rings. The van der Waals surface area contributed by atoms with Gasteiger partial charge in [-0.05, 0) is 73.2 Å². The van der Waals surface area contributed by atoms with E-state index in [0.29, 0.717) is 30.0 Å². The van der Waals surface area contributed by atoms with E-state index < -0.39 is 15.9 Å². The van der Waals surface area contributed by atoms with Crippen molar-refractivity contribution in [2.75, 3.05) is 13.7 Å². The lowest BCUT2D eigenvalue weighted by Crippen LogP contribution is -2.31. The first kappa shape index (κ1) is 28.6. The van der Waals surface area contributed by atoms with E-state index >= 15 is 0 Å². The number of carbonyl (C=O) groups is 2. The molecule has 0 spiro atoms. The smallest absolute Gasteiger partial charge is 0.265 e. The Labute approximate surface area is 234 Å². The van der Waals surface area contributed by atoms with Crippen LogP contribution in [-0.2, 0) is 21.4 Å². The molecule has 2 N–H and O–H groups in total. The molecule has 4 aromatic rings. The summed E-state index contributed by atoms with van der Waals surface area (Å²) in [7, 11) is -2.52. The second-order valence-electron chi connectivity index (χ2n) is 9.57. The highest BCUT2D eigenvalue weighted by molar-refractivity contribution is 7.90. The fourth-order valence-electron chi connectivity index (χ4n) is 4.42. The quantitative estimate of drug-likeness (QED) is 0.264. The molecule has 0 aliphatic heterocycles. The summed E-state index contributed by atoms with van der Waals surface area (Å²) >= 11 is 0. The Kier molecular flexibility index (Phi) is 8.74. The third-order valence-corrected chi connectivity index (χ3v) is 8.07. The molecule has 3 aromatic carbocycles. The molecule has 8 nitrogen and oxygen atoms in total. The zero-order valence-corrected chi connectivity index (χ0v) is 23.8. The first-order chi connectivity index (χ1) is 19.1. The molecule has 9 heteroatoms. The summed E-state index contributed by atoms with van der Waals surface area (Å²) in [4.78, 5) is 25.2. The lowest BCUT2D eigenvalue weighted by molar-refractivity contribution is -0.117. The first-order valence-electron chi connectivity index (χ1n) is 13.0. The number of nitrogens with one attached hydrogen (secondary N) is 2. The summed E-state index contributed by atoms with van der Waals surface area (Å²) in [6.45, 7) is 6.57. The van der Waals surface area contributed by atoms with Gasteiger partial charge in [0.1, 0.15) is 5.75 Å². The SMILES string of the molecule is CCCNC(=O)C(C)=Cc1ccc2ccn(Cc3ccc(C(=O)NS(=O)(=O)c4ccccc4C)cc3OC)c2c1. The maximum absolute atomic E-state index is 12.9. The van der Waals surface area contributed by atoms with Gasteiger partial charge in [-0.2, -0.15) is 0 Å². The zero-order chi connectivity index (χ0) is 28.9. The third-order valence-electron chi connectivity index (χ3n) is 6.57. The predicted octanol–water partition coefficient (Wildman–Crippen LogP) is 5.05. The van der Waals surface area contributed by atoms with Crippen LogP contribution in [0, 0.1) is 6.92 Å². The highest BCUT2D eigenvalue weighted by Crippen LogP contribution is 2.26. The van der Waals surface area contributed by atoms with E-state index in [-0.39, 0.29) is 16.4 Å². The van der Waals surface area contributed by atoms with E-state index in [1.54, 1.807) is 44.2 Å². The number of methoxy groups -OCH3 is 1. The van der Waals surface area contributed by atoms with Crippen LogP contribution < -0.4 is 14.8 Å². The molecule has 0 aliphatic rings. The van der Waals surface area contributed by atoms with Gasteiger partial charge in [0.25, 0.3) is 15.9 Å². The van der Waals surface area contributed by atoms with Gasteiger partial charge in [0.15, 0.2) is 0 Å². The number of rotatable bonds is 10. The van der Waals surface area contributed by atoms with E-state index in [0.717, 1.165) is 28.5 Å². The van der Waals surface area contributed by atoms with Crippen molar-refractivity contribution in [3.05, 3.63) is 101 Å². The van der Waals surface area contributed by atoms with E-state index in [2.05, 4.69) is 14.6 Å². The molecular formula is C31H33N3O5S. The van der Waals surface area contributed by atoms with Gasteiger partial charge in [0.05, 0.1) is 18.6 Å². The molecule has 1 aromatic heterocycles. The van der Waals surface area contributed by atoms with Crippen LogP contribution >= 0.6 is 0 Å². The lowest BCUT2D eigenvalue weighted by atomic mass is 10.1. The summed E-state index contributed by atoms with van der Waals surface area (Å²) in [5.41, 5.74) is 4.04. The Morgan fingerprint density at radius 3 is 2.52 bits per heavy atom. The molecule has 1 heterocycles. The second kappa shape index (κ2) is 12.2. The number of fused-ring (bicyclic) bond motifs is 1. The predicted molar refractivity (Wildman–Crippen MR) is 157 cm³/mol. The largest absolute Gasteiger partial charge is 0.496 e. The summed E-state index contributed by atoms with van der Waals surface area (Å²) in [6, 6.07) is 19.4. The van der Waals surface area contributed by atoms with Crippen LogP contribution in [-0.4, -0.2) is 38.5 Å². The van der Waals surface area contributed by atoms with Gasteiger partial charge in [-0.25, -0.2) is 13.1 Å². The van der Waals surface area contributed by atoms with E-state index in [4.69, 9.17) is 4.74 Å². The van der Waals surface area contributed by atoms with Crippen LogP contribution in [0.25, 0.3) is 17.0 Å². The summed E-state index contributed by atoms with van der Waals surface area (Å²) in [5, 5.41) is 3.93. The lowest BCUT2D eigenvalue weighted by Gasteiger charge is -2.13. The molecule has 0 aliphatic carbocycles. The van der Waals surface area contributed by atoms with Gasteiger partial charge in [0.2, 0.25) is 5.91 Å². The maximum Gasteiger partial charge on any atom is 0.265 e. The van der Waals surface area contributed by atoms with Crippen molar-refractivity contribution in [1.82, 2.24) is 14.6 Å². The minimum atomic E-state index is -4.03. The van der Waals surface area contributed by atoms with Crippen LogP contribution in [0.5, 0.6) is 5.75 Å². The van der Waals surface area contributed by atoms with Crippen LogP contribution in [0.1, 0.15) is 47.3 Å². The van der Waals surface area contributed by atoms with Crippen LogP contribution in [0.4, 0.5) is 0 Å². The zero-order valence-electron chi connectivity index (χ0n) is 23.0. The Balaban J connectivity index is 1.56. The van der Waals surface area contributed by atoms with Crippen LogP contribution in [0.2, 0.25) is 0 Å². The number of carbonyl (C=O) groups excluding carboxylic acids is 2. The average Bonchev–Trinajstić information content (AvgIpc) is 3.33. The molecule has 0 atom stereocenters. The molecule has 0 saturated heterocycles. The second-order valence-corrected chi connectivity index (χ2v) is 11.2. The number of aromatic nitrogens is 1. The van der Waals surface area contributed by atoms with Crippen molar-refractivity contribution >= 4 is 38.8 Å². The van der Waals surface area contributed by atoms with Crippen molar-refractivity contribution < 1.29 is 22.7 Å². The number of sulfonamides is 1. The number of nitrogens with zero attached hydrogens (tertiary/aromatic N) is 1. The van der Waals surface area contributed by atoms with E-state index in [9.17, 15) is 18.0 Å². The fourth-order valence-corrected chi connectivity index (χ4v) is 5.64. The number of hydrogen-bond donors (Lipinski definition) is 2. The summed E-state index contributed by atoms with van der Waals surface area (Å²) in [5.74, 6) is -0.366. The Morgan fingerprint density at radius 2 is 1.80 bits per heavy atom. The first-order valence-corrected chi connectivity index (χ1v) is 14.5. The standard InChI is InChI=1S/C31H33N3O5S/c1-5-15-32-30(35)22(3)17-23-10-11-24-14-16-34(27(24)18-23)20-26-13-12-25(19-28(26)39-4)31(36)33-40(37,38)29-9-7-6-8-21(29)2/h6-14,16-19H,5,15,20H2,1-4H3,(H,32,35)(H,33,36). The molecular weight excluding hydrogens is 526 g/mol. The van der Waals surface area contributed by atoms with E-state index in [1.165, 1.54) is 19.2 Å². The molecule has 4 rings (SSSR count). The number of ether oxygens (including phenoxy) is 1. The Hall–Kier alpha value is -4.37. The molecule has 0 radical (unpaired) electrons. The van der Waals surface area contributed by atoms with Crippen molar-refractivity contribution in [2.45, 2.75) is 38.6 Å². The number of aryl methyl sites for hydroxylation is 1. The average molecular weight is 560 g/mol. The topological polar surface area (TPSA) is 107 Å². The third kappa shape index (κ3) is 6.43. The normalized spacial score (nSPS) is 11.8. The minimum absolute atomic E-state index is 0.0532. The van der Waals surface area contributed by atoms with Crippen LogP contribution in [0.3, 0.4) is 0 Å². The molecule has 0 saturated carbocycles. The molecule has 0 bridgehead atoms. The number of amides is 2. The van der Waals surface area contributed by atoms with Crippen molar-refractivity contribution in [3.63, 3.8) is 0 Å². The Bertz CT molecular complexity index is 1700. The molecule has 0 unspecified atom stereocenters. The monoisotopic (exact) mass is 559 g/mol. The molecule has 2 amide bonds. The van der Waals surface area contributed by atoms with Gasteiger partial charge < -0.3 is 14.6 Å². The Morgan fingerprint density at radius 1 is 1.02 bits per heavy atom. The van der Waals surface area contributed by atoms with Crippen molar-refractivity contribution in [1.29, 1.82) is 0 Å². The van der Waals surface area contributed by atoms with Gasteiger partial charge in [-0.15, -0.1) is 0 Å². The summed E-state index contributed by atoms with van der Waals surface area (Å²) in [6.07, 6.45) is 4.70. The van der Waals surface area contributed by atoms with Gasteiger partial charge in [-0.1, -0.05) is 43.3 Å². The van der Waals surface area contributed by atoms with Gasteiger partial charge >= 0.3 is 0 Å². The minimum Gasteiger partial charge on any atom is -0.496 e. The van der Waals surface area contributed by atoms with Crippen molar-refractivity contribution in [3.8, 4) is 5.75 Å². The van der Waals surface area contributed by atoms with Crippen molar-refractivity contribution in [2.24, 2.45) is 0 Å². The number of benzene rings is 3. The van der Waals surface area contributed by atoms with Gasteiger partial charge in [-0.3, -0.25) is 9.59 Å². The number of hydrogen-bond acceptors (Lipinski definition) is 5. The molecule has 208 valence electrons. The molecule has 40 heavy (non-hydrogen) atoms. The van der Waals surface area contributed by atoms with Crippen LogP contribution in [0.15, 0.2) is 83.4 Å². The van der Waals surface area contributed by atoms with Gasteiger partial charge in [0, 0.05) is 35.0 Å².